The Morgan fingerprint density at radius 2 is 1.91 bits per heavy atom. The minimum Gasteiger partial charge on any atom is -0.467 e. The summed E-state index contributed by atoms with van der Waals surface area (Å²) in [5, 5.41) is 0. The van der Waals surface area contributed by atoms with Crippen LogP contribution in [-0.4, -0.2) is 47.7 Å². The van der Waals surface area contributed by atoms with Gasteiger partial charge in [-0.15, -0.1) is 11.8 Å². The van der Waals surface area contributed by atoms with Crippen molar-refractivity contribution < 1.29 is 27.4 Å². The quantitative estimate of drug-likeness (QED) is 0.159. The van der Waals surface area contributed by atoms with Gasteiger partial charge in [-0.25, -0.2) is 17.9 Å². The van der Waals surface area contributed by atoms with E-state index in [9.17, 15) is 13.2 Å². The van der Waals surface area contributed by atoms with E-state index in [0.717, 1.165) is 11.2 Å². The van der Waals surface area contributed by atoms with E-state index in [-0.39, 0.29) is 13.3 Å². The largest absolute Gasteiger partial charge is 0.467 e. The molecule has 0 atom stereocenters. The molecule has 0 spiro atoms. The molecule has 0 aromatic heterocycles. The standard InChI is InChI=1S/C24H29NO6S2/c1-4-16-30-24(26)23-21(17-32-20-11-6-5-7-12-20)19(13-14-22(23)31-18-29-2)10-8-9-15-25-33(3,27)28/h5-7,11-14,25H,4,9,15-18H2,1-3H3. The Morgan fingerprint density at radius 3 is 2.58 bits per heavy atom. The Bertz CT molecular complexity index is 1080. The molecule has 178 valence electrons. The zero-order valence-corrected chi connectivity index (χ0v) is 20.7. The van der Waals surface area contributed by atoms with Gasteiger partial charge in [0.15, 0.2) is 6.79 Å². The first-order valence-corrected chi connectivity index (χ1v) is 13.3. The lowest BCUT2D eigenvalue weighted by atomic mass is 10.0. The molecule has 9 heteroatoms. The number of carbonyl (C=O) groups excluding carboxylic acids is 1. The van der Waals surface area contributed by atoms with Crippen molar-refractivity contribution in [3.05, 3.63) is 59.2 Å². The van der Waals surface area contributed by atoms with Gasteiger partial charge in [-0.3, -0.25) is 0 Å². The number of ether oxygens (including phenoxy) is 3. The van der Waals surface area contributed by atoms with Gasteiger partial charge in [-0.05, 0) is 36.2 Å². The van der Waals surface area contributed by atoms with E-state index in [1.165, 1.54) is 7.11 Å². The molecule has 0 unspecified atom stereocenters. The molecule has 0 radical (unpaired) electrons. The van der Waals surface area contributed by atoms with Crippen molar-refractivity contribution in [3.63, 3.8) is 0 Å². The molecule has 2 aromatic rings. The maximum absolute atomic E-state index is 13.0. The van der Waals surface area contributed by atoms with E-state index in [4.69, 9.17) is 14.2 Å². The van der Waals surface area contributed by atoms with E-state index >= 15 is 0 Å². The maximum atomic E-state index is 13.0. The molecule has 0 amide bonds. The molecule has 1 N–H and O–H groups in total. The van der Waals surface area contributed by atoms with Gasteiger partial charge in [0.25, 0.3) is 0 Å². The van der Waals surface area contributed by atoms with Crippen molar-refractivity contribution in [3.8, 4) is 17.6 Å². The van der Waals surface area contributed by atoms with Crippen molar-refractivity contribution in [1.82, 2.24) is 4.72 Å². The number of carbonyl (C=O) groups is 1. The molecule has 0 bridgehead atoms. The molecule has 0 saturated heterocycles. The number of sulfonamides is 1. The van der Waals surface area contributed by atoms with Crippen LogP contribution < -0.4 is 9.46 Å². The molecule has 2 rings (SSSR count). The minimum absolute atomic E-state index is 0.0124. The van der Waals surface area contributed by atoms with Crippen LogP contribution in [0.1, 0.15) is 41.3 Å². The summed E-state index contributed by atoms with van der Waals surface area (Å²) < 4.78 is 41.0. The van der Waals surface area contributed by atoms with Crippen molar-refractivity contribution in [2.24, 2.45) is 0 Å². The van der Waals surface area contributed by atoms with Crippen LogP contribution in [0, 0.1) is 11.8 Å². The van der Waals surface area contributed by atoms with Crippen LogP contribution in [0.2, 0.25) is 0 Å². The van der Waals surface area contributed by atoms with E-state index in [0.29, 0.717) is 47.6 Å². The van der Waals surface area contributed by atoms with Crippen LogP contribution >= 0.6 is 11.8 Å². The average Bonchev–Trinajstić information content (AvgIpc) is 2.79. The second-order valence-electron chi connectivity index (χ2n) is 6.97. The van der Waals surface area contributed by atoms with Crippen LogP contribution in [0.5, 0.6) is 5.75 Å². The monoisotopic (exact) mass is 491 g/mol. The van der Waals surface area contributed by atoms with Crippen molar-refractivity contribution >= 4 is 27.8 Å². The fourth-order valence-corrected chi connectivity index (χ4v) is 4.19. The molecule has 0 fully saturated rings. The lowest BCUT2D eigenvalue weighted by Crippen LogP contribution is -2.22. The molecular formula is C24H29NO6S2. The molecule has 0 aliphatic carbocycles. The molecule has 0 saturated carbocycles. The molecule has 33 heavy (non-hydrogen) atoms. The first-order chi connectivity index (χ1) is 15.9. The third-order valence-electron chi connectivity index (χ3n) is 4.21. The number of rotatable bonds is 12. The van der Waals surface area contributed by atoms with E-state index in [2.05, 4.69) is 16.6 Å². The zero-order chi connectivity index (χ0) is 24.1. The molecular weight excluding hydrogens is 462 g/mol. The van der Waals surface area contributed by atoms with Crippen LogP contribution in [0.4, 0.5) is 0 Å². The molecule has 0 aliphatic heterocycles. The van der Waals surface area contributed by atoms with Gasteiger partial charge in [-0.1, -0.05) is 37.0 Å². The van der Waals surface area contributed by atoms with Gasteiger partial charge in [0.1, 0.15) is 11.3 Å². The van der Waals surface area contributed by atoms with Crippen LogP contribution in [0.3, 0.4) is 0 Å². The smallest absolute Gasteiger partial charge is 0.342 e. The van der Waals surface area contributed by atoms with Gasteiger partial charge in [0.2, 0.25) is 10.0 Å². The summed E-state index contributed by atoms with van der Waals surface area (Å²) in [5.74, 6) is 6.42. The third kappa shape index (κ3) is 9.48. The predicted octanol–water partition coefficient (Wildman–Crippen LogP) is 3.82. The number of nitrogens with one attached hydrogen (secondary N) is 1. The van der Waals surface area contributed by atoms with Gasteiger partial charge in [0, 0.05) is 36.3 Å². The number of esters is 1. The first-order valence-electron chi connectivity index (χ1n) is 10.4. The van der Waals surface area contributed by atoms with E-state index in [1.54, 1.807) is 23.9 Å². The summed E-state index contributed by atoms with van der Waals surface area (Å²) in [7, 11) is -1.76. The lowest BCUT2D eigenvalue weighted by molar-refractivity contribution is 0.0426. The Kier molecular flexibility index (Phi) is 11.3. The zero-order valence-electron chi connectivity index (χ0n) is 19.1. The fraction of sp³-hybridized carbons (Fsp3) is 0.375. The highest BCUT2D eigenvalue weighted by atomic mass is 32.2. The number of hydrogen-bond acceptors (Lipinski definition) is 7. The van der Waals surface area contributed by atoms with Crippen LogP contribution in [0.25, 0.3) is 0 Å². The van der Waals surface area contributed by atoms with E-state index < -0.39 is 16.0 Å². The lowest BCUT2D eigenvalue weighted by Gasteiger charge is -2.16. The number of thioether (sulfide) groups is 1. The number of benzene rings is 2. The van der Waals surface area contributed by atoms with Crippen molar-refractivity contribution in [2.45, 2.75) is 30.4 Å². The minimum atomic E-state index is -3.27. The van der Waals surface area contributed by atoms with Gasteiger partial charge >= 0.3 is 5.97 Å². The summed E-state index contributed by atoms with van der Waals surface area (Å²) in [6.45, 7) is 2.41. The summed E-state index contributed by atoms with van der Waals surface area (Å²) >= 11 is 1.57. The molecule has 0 heterocycles. The SMILES string of the molecule is CCCOC(=O)c1c(OCOC)ccc(C#CCCNS(C)(=O)=O)c1CSc1ccccc1. The molecule has 2 aromatic carbocycles. The second-order valence-corrected chi connectivity index (χ2v) is 9.85. The highest BCUT2D eigenvalue weighted by Crippen LogP contribution is 2.32. The Balaban J connectivity index is 2.42. The van der Waals surface area contributed by atoms with Gasteiger partial charge in [0.05, 0.1) is 12.9 Å². The highest BCUT2D eigenvalue weighted by Gasteiger charge is 2.22. The van der Waals surface area contributed by atoms with Crippen LogP contribution in [0.15, 0.2) is 47.4 Å². The Hall–Kier alpha value is -2.51. The summed E-state index contributed by atoms with van der Waals surface area (Å²) in [4.78, 5) is 14.0. The summed E-state index contributed by atoms with van der Waals surface area (Å²) in [6, 6.07) is 13.3. The molecule has 7 nitrogen and oxygen atoms in total. The fourth-order valence-electron chi connectivity index (χ4n) is 2.76. The highest BCUT2D eigenvalue weighted by molar-refractivity contribution is 7.98. The Labute approximate surface area is 200 Å². The number of hydrogen-bond donors (Lipinski definition) is 1. The van der Waals surface area contributed by atoms with Crippen molar-refractivity contribution in [1.29, 1.82) is 0 Å². The van der Waals surface area contributed by atoms with Gasteiger partial charge < -0.3 is 14.2 Å². The number of methoxy groups -OCH3 is 1. The summed E-state index contributed by atoms with van der Waals surface area (Å²) in [6.07, 6.45) is 2.13. The van der Waals surface area contributed by atoms with Crippen LogP contribution in [-0.2, 0) is 25.2 Å². The second kappa shape index (κ2) is 13.9. The van der Waals surface area contributed by atoms with Crippen molar-refractivity contribution in [2.75, 3.05) is 33.3 Å². The van der Waals surface area contributed by atoms with E-state index in [1.807, 2.05) is 37.3 Å². The maximum Gasteiger partial charge on any atom is 0.342 e. The topological polar surface area (TPSA) is 90.9 Å². The predicted molar refractivity (Wildman–Crippen MR) is 130 cm³/mol. The van der Waals surface area contributed by atoms with Gasteiger partial charge in [-0.2, -0.15) is 0 Å². The molecule has 0 aliphatic rings. The summed E-state index contributed by atoms with van der Waals surface area (Å²) in [5.41, 5.74) is 1.68. The average molecular weight is 492 g/mol. The first kappa shape index (κ1) is 26.7. The Morgan fingerprint density at radius 1 is 1.15 bits per heavy atom. The third-order valence-corrected chi connectivity index (χ3v) is 5.98. The normalized spacial score (nSPS) is 10.9.